The van der Waals surface area contributed by atoms with Gasteiger partial charge >= 0.3 is 0 Å². The minimum absolute atomic E-state index is 0.231. The summed E-state index contributed by atoms with van der Waals surface area (Å²) in [6, 6.07) is 26.7. The second kappa shape index (κ2) is 4.94. The van der Waals surface area contributed by atoms with Crippen molar-refractivity contribution in [1.29, 1.82) is 0 Å². The Hall–Kier alpha value is -2.87. The fraction of sp³-hybridized carbons (Fsp3) is 0.269. The molecule has 0 radical (unpaired) electrons. The van der Waals surface area contributed by atoms with Gasteiger partial charge < -0.3 is 4.90 Å². The van der Waals surface area contributed by atoms with E-state index < -0.39 is 0 Å². The van der Waals surface area contributed by atoms with Gasteiger partial charge in [-0.3, -0.25) is 4.79 Å². The summed E-state index contributed by atoms with van der Waals surface area (Å²) in [6.07, 6.45) is 1.72. The van der Waals surface area contributed by atoms with E-state index >= 15 is 0 Å². The van der Waals surface area contributed by atoms with Crippen molar-refractivity contribution in [3.05, 3.63) is 106 Å². The Labute approximate surface area is 164 Å². The molecule has 0 unspecified atom stereocenters. The maximum atomic E-state index is 13.4. The van der Waals surface area contributed by atoms with E-state index in [2.05, 4.69) is 77.7 Å². The molecule has 28 heavy (non-hydrogen) atoms. The highest BCUT2D eigenvalue weighted by atomic mass is 16.2. The summed E-state index contributed by atoms with van der Waals surface area (Å²) in [4.78, 5) is 15.7. The number of nitrogens with zero attached hydrogens (tertiary/aromatic N) is 1. The van der Waals surface area contributed by atoms with Crippen molar-refractivity contribution in [3.63, 3.8) is 0 Å². The van der Waals surface area contributed by atoms with Gasteiger partial charge in [0, 0.05) is 30.7 Å². The highest BCUT2D eigenvalue weighted by Gasteiger charge is 2.65. The van der Waals surface area contributed by atoms with Gasteiger partial charge in [-0.2, -0.15) is 0 Å². The van der Waals surface area contributed by atoms with Gasteiger partial charge in [-0.1, -0.05) is 72.8 Å². The molecule has 0 saturated carbocycles. The third kappa shape index (κ3) is 1.53. The Morgan fingerprint density at radius 3 is 2.29 bits per heavy atom. The van der Waals surface area contributed by atoms with Crippen molar-refractivity contribution in [2.24, 2.45) is 0 Å². The molecular weight excluding hydrogens is 342 g/mol. The van der Waals surface area contributed by atoms with Gasteiger partial charge in [-0.15, -0.1) is 0 Å². The number of hydrogen-bond acceptors (Lipinski definition) is 1. The fourth-order valence-corrected chi connectivity index (χ4v) is 7.05. The third-order valence-corrected chi connectivity index (χ3v) is 7.93. The molecule has 2 aliphatic carbocycles. The molecule has 1 amide bonds. The van der Waals surface area contributed by atoms with Gasteiger partial charge in [0.2, 0.25) is 5.91 Å². The lowest BCUT2D eigenvalue weighted by Gasteiger charge is -2.54. The van der Waals surface area contributed by atoms with E-state index in [1.54, 1.807) is 0 Å². The van der Waals surface area contributed by atoms with Gasteiger partial charge in [0.25, 0.3) is 0 Å². The third-order valence-electron chi connectivity index (χ3n) is 7.93. The molecule has 2 aliphatic heterocycles. The number of carbonyl (C=O) groups is 1. The average Bonchev–Trinajstić information content (AvgIpc) is 2.92. The van der Waals surface area contributed by atoms with Crippen LogP contribution in [0.2, 0.25) is 0 Å². The van der Waals surface area contributed by atoms with Crippen LogP contribution in [0.5, 0.6) is 0 Å². The number of carbonyl (C=O) groups excluding carboxylic acids is 1. The molecule has 1 fully saturated rings. The molecular formula is C26H21NO. The maximum absolute atomic E-state index is 13.4. The summed E-state index contributed by atoms with van der Waals surface area (Å²) in [6.45, 7) is 0.739. The van der Waals surface area contributed by atoms with Crippen LogP contribution >= 0.6 is 0 Å². The largest absolute Gasteiger partial charge is 0.327 e. The van der Waals surface area contributed by atoms with E-state index in [-0.39, 0.29) is 11.5 Å². The zero-order valence-corrected chi connectivity index (χ0v) is 15.6. The highest BCUT2D eigenvalue weighted by molar-refractivity contribution is 5.85. The van der Waals surface area contributed by atoms with Crippen LogP contribution < -0.4 is 0 Å². The minimum Gasteiger partial charge on any atom is -0.327 e. The van der Waals surface area contributed by atoms with Crippen LogP contribution in [0.3, 0.4) is 0 Å². The summed E-state index contributed by atoms with van der Waals surface area (Å²) in [7, 11) is 0. The van der Waals surface area contributed by atoms with Gasteiger partial charge in [-0.05, 0) is 39.8 Å². The Balaban J connectivity index is 1.65. The lowest BCUT2D eigenvalue weighted by Crippen LogP contribution is -2.54. The average molecular weight is 363 g/mol. The first-order valence-corrected chi connectivity index (χ1v) is 10.4. The summed E-state index contributed by atoms with van der Waals surface area (Å²) < 4.78 is 0. The lowest BCUT2D eigenvalue weighted by atomic mass is 9.58. The SMILES string of the molecule is O=C1C[C@@H]2c3ccccc3[C@H]3C[C@@H]4c5ccccc5CN1[C@]42c1ccccc13. The van der Waals surface area contributed by atoms with Crippen molar-refractivity contribution in [1.82, 2.24) is 4.90 Å². The monoisotopic (exact) mass is 363 g/mol. The van der Waals surface area contributed by atoms with Crippen LogP contribution in [0.15, 0.2) is 72.8 Å². The number of amides is 1. The molecule has 2 heteroatoms. The maximum Gasteiger partial charge on any atom is 0.224 e. The molecule has 136 valence electrons. The molecule has 2 heterocycles. The van der Waals surface area contributed by atoms with Crippen LogP contribution in [0.25, 0.3) is 0 Å². The summed E-state index contributed by atoms with van der Waals surface area (Å²) >= 11 is 0. The number of rotatable bonds is 0. The zero-order valence-electron chi connectivity index (χ0n) is 15.6. The Kier molecular flexibility index (Phi) is 2.66. The summed E-state index contributed by atoms with van der Waals surface area (Å²) in [5, 5.41) is 0. The van der Waals surface area contributed by atoms with E-state index in [1.807, 2.05) is 0 Å². The minimum atomic E-state index is -0.231. The predicted molar refractivity (Wildman–Crippen MR) is 108 cm³/mol. The molecule has 3 aromatic carbocycles. The molecule has 7 rings (SSSR count). The first kappa shape index (κ1) is 15.1. The van der Waals surface area contributed by atoms with Crippen LogP contribution in [-0.2, 0) is 16.9 Å². The van der Waals surface area contributed by atoms with Gasteiger partial charge in [-0.25, -0.2) is 0 Å². The molecule has 2 bridgehead atoms. The van der Waals surface area contributed by atoms with Crippen LogP contribution in [0, 0.1) is 0 Å². The predicted octanol–water partition coefficient (Wildman–Crippen LogP) is 5.04. The summed E-state index contributed by atoms with van der Waals surface area (Å²) in [5.74, 6) is 1.33. The number of fused-ring (bicyclic) bond motifs is 5. The van der Waals surface area contributed by atoms with Crippen molar-refractivity contribution in [3.8, 4) is 0 Å². The van der Waals surface area contributed by atoms with Crippen molar-refractivity contribution in [2.75, 3.05) is 0 Å². The normalized spacial score (nSPS) is 30.9. The van der Waals surface area contributed by atoms with Crippen LogP contribution in [-0.4, -0.2) is 10.8 Å². The first-order valence-electron chi connectivity index (χ1n) is 10.4. The topological polar surface area (TPSA) is 20.3 Å². The van der Waals surface area contributed by atoms with Crippen molar-refractivity contribution >= 4 is 5.91 Å². The second-order valence-electron chi connectivity index (χ2n) is 8.82. The van der Waals surface area contributed by atoms with E-state index in [1.165, 1.54) is 33.4 Å². The van der Waals surface area contributed by atoms with E-state index in [4.69, 9.17) is 0 Å². The molecule has 1 saturated heterocycles. The molecule has 0 N–H and O–H groups in total. The van der Waals surface area contributed by atoms with Crippen molar-refractivity contribution < 1.29 is 4.79 Å². The summed E-state index contributed by atoms with van der Waals surface area (Å²) in [5.41, 5.74) is 8.25. The molecule has 0 aromatic heterocycles. The molecule has 3 aromatic rings. The van der Waals surface area contributed by atoms with Crippen LogP contribution in [0.1, 0.15) is 64.0 Å². The van der Waals surface area contributed by atoms with Gasteiger partial charge in [0.1, 0.15) is 0 Å². The Morgan fingerprint density at radius 1 is 0.750 bits per heavy atom. The number of benzene rings is 3. The molecule has 4 atom stereocenters. The molecule has 2 nitrogen and oxygen atoms in total. The molecule has 4 aliphatic rings. The quantitative estimate of drug-likeness (QED) is 0.548. The van der Waals surface area contributed by atoms with Crippen LogP contribution in [0.4, 0.5) is 0 Å². The standard InChI is InChI=1S/C26H21NO/c28-25-14-24-19-10-4-3-9-18(19)21-13-23-17-8-2-1-7-16(17)15-27(25)26(23,24)22-12-6-5-11-20(21)22/h1-12,21,23-24H,13-15H2/t21-,23-,24-,26-/m1/s1. The van der Waals surface area contributed by atoms with E-state index in [0.717, 1.165) is 13.0 Å². The number of hydrogen-bond donors (Lipinski definition) is 0. The lowest BCUT2D eigenvalue weighted by molar-refractivity contribution is -0.134. The molecule has 1 spiro atoms. The van der Waals surface area contributed by atoms with E-state index in [9.17, 15) is 4.79 Å². The second-order valence-corrected chi connectivity index (χ2v) is 8.82. The van der Waals surface area contributed by atoms with Gasteiger partial charge in [0.05, 0.1) is 5.54 Å². The Morgan fingerprint density at radius 2 is 1.43 bits per heavy atom. The Bertz CT molecular complexity index is 1160. The smallest absolute Gasteiger partial charge is 0.224 e. The highest BCUT2D eigenvalue weighted by Crippen LogP contribution is 2.68. The van der Waals surface area contributed by atoms with Gasteiger partial charge in [0.15, 0.2) is 0 Å². The zero-order chi connectivity index (χ0) is 18.5. The van der Waals surface area contributed by atoms with Crippen molar-refractivity contribution in [2.45, 2.75) is 42.7 Å². The van der Waals surface area contributed by atoms with E-state index in [0.29, 0.717) is 24.2 Å². The fourth-order valence-electron chi connectivity index (χ4n) is 7.05. The first-order chi connectivity index (χ1) is 13.8.